The minimum Gasteiger partial charge on any atom is -0.477 e. The van der Waals surface area contributed by atoms with Crippen molar-refractivity contribution in [3.63, 3.8) is 0 Å². The molecule has 0 radical (unpaired) electrons. The van der Waals surface area contributed by atoms with E-state index in [9.17, 15) is 21.6 Å². The first-order valence-electron chi connectivity index (χ1n) is 9.37. The van der Waals surface area contributed by atoms with Gasteiger partial charge in [-0.1, -0.05) is 0 Å². The van der Waals surface area contributed by atoms with Gasteiger partial charge in [-0.15, -0.1) is 0 Å². The van der Waals surface area contributed by atoms with E-state index < -0.39 is 34.8 Å². The highest BCUT2D eigenvalue weighted by Crippen LogP contribution is 2.37. The number of aromatic nitrogens is 1. The third-order valence-corrected chi connectivity index (χ3v) is 7.06. The van der Waals surface area contributed by atoms with Crippen LogP contribution in [0.5, 0.6) is 5.88 Å². The van der Waals surface area contributed by atoms with Crippen LogP contribution in [0.3, 0.4) is 0 Å². The quantitative estimate of drug-likeness (QED) is 0.712. The van der Waals surface area contributed by atoms with Gasteiger partial charge < -0.3 is 15.2 Å². The smallest absolute Gasteiger partial charge is 0.393 e. The molecular formula is C17H25F3N4O4S. The van der Waals surface area contributed by atoms with Gasteiger partial charge in [0.15, 0.2) is 0 Å². The van der Waals surface area contributed by atoms with Crippen molar-refractivity contribution in [2.24, 2.45) is 17.6 Å². The average Bonchev–Trinajstić information content (AvgIpc) is 2.72. The van der Waals surface area contributed by atoms with E-state index in [2.05, 4.69) is 4.98 Å². The molecular weight excluding hydrogens is 413 g/mol. The highest BCUT2D eigenvalue weighted by molar-refractivity contribution is 7.86. The SMILES string of the molecule is NCc1ccnc(OC[C@@H]2C[C@H](C(F)(F)F)CN(S(=O)(=O)N3CCOCC3)C2)c1. The maximum atomic E-state index is 13.5. The minimum absolute atomic E-state index is 0.0388. The monoisotopic (exact) mass is 438 g/mol. The summed E-state index contributed by atoms with van der Waals surface area (Å²) >= 11 is 0. The normalized spacial score (nSPS) is 25.1. The number of piperidine rings is 1. The van der Waals surface area contributed by atoms with Crippen molar-refractivity contribution in [3.8, 4) is 5.88 Å². The lowest BCUT2D eigenvalue weighted by Gasteiger charge is -2.40. The zero-order valence-corrected chi connectivity index (χ0v) is 16.7. The molecule has 0 aliphatic carbocycles. The van der Waals surface area contributed by atoms with Gasteiger partial charge in [-0.05, 0) is 18.1 Å². The number of hydrogen-bond donors (Lipinski definition) is 1. The number of ether oxygens (including phenoxy) is 2. The fourth-order valence-electron chi connectivity index (χ4n) is 3.51. The van der Waals surface area contributed by atoms with Crippen molar-refractivity contribution in [1.29, 1.82) is 0 Å². The third-order valence-electron chi connectivity index (χ3n) is 5.09. The molecule has 2 saturated heterocycles. The Kier molecular flexibility index (Phi) is 6.99. The molecule has 0 amide bonds. The highest BCUT2D eigenvalue weighted by Gasteiger charge is 2.48. The predicted molar refractivity (Wildman–Crippen MR) is 98.2 cm³/mol. The Labute approximate surface area is 167 Å². The number of nitrogens with two attached hydrogens (primary N) is 1. The lowest BCUT2D eigenvalue weighted by atomic mass is 9.90. The van der Waals surface area contributed by atoms with E-state index in [1.165, 1.54) is 10.5 Å². The van der Waals surface area contributed by atoms with E-state index in [4.69, 9.17) is 15.2 Å². The van der Waals surface area contributed by atoms with E-state index in [0.29, 0.717) is 0 Å². The van der Waals surface area contributed by atoms with Crippen molar-refractivity contribution in [2.75, 3.05) is 46.0 Å². The molecule has 2 aliphatic heterocycles. The first kappa shape index (κ1) is 22.2. The molecule has 12 heteroatoms. The van der Waals surface area contributed by atoms with Crippen LogP contribution in [-0.2, 0) is 21.5 Å². The summed E-state index contributed by atoms with van der Waals surface area (Å²) < 4.78 is 79.0. The second kappa shape index (κ2) is 9.13. The Balaban J connectivity index is 1.72. The van der Waals surface area contributed by atoms with Crippen LogP contribution < -0.4 is 10.5 Å². The van der Waals surface area contributed by atoms with Gasteiger partial charge in [0, 0.05) is 50.9 Å². The molecule has 1 aromatic heterocycles. The molecule has 2 N–H and O–H groups in total. The zero-order valence-electron chi connectivity index (χ0n) is 15.8. The number of halogens is 3. The summed E-state index contributed by atoms with van der Waals surface area (Å²) in [4.78, 5) is 4.03. The summed E-state index contributed by atoms with van der Waals surface area (Å²) in [6.07, 6.45) is -3.18. The lowest BCUT2D eigenvalue weighted by molar-refractivity contribution is -0.188. The molecule has 164 valence electrons. The number of rotatable bonds is 6. The zero-order chi connectivity index (χ0) is 21.1. The number of nitrogens with zero attached hydrogens (tertiary/aromatic N) is 3. The molecule has 3 heterocycles. The van der Waals surface area contributed by atoms with Gasteiger partial charge in [-0.25, -0.2) is 4.98 Å². The number of alkyl halides is 3. The van der Waals surface area contributed by atoms with Crippen molar-refractivity contribution >= 4 is 10.2 Å². The molecule has 29 heavy (non-hydrogen) atoms. The Morgan fingerprint density at radius 3 is 2.62 bits per heavy atom. The molecule has 0 spiro atoms. The van der Waals surface area contributed by atoms with E-state index in [1.54, 1.807) is 12.1 Å². The van der Waals surface area contributed by atoms with E-state index in [0.717, 1.165) is 9.87 Å². The van der Waals surface area contributed by atoms with Gasteiger partial charge in [-0.3, -0.25) is 0 Å². The summed E-state index contributed by atoms with van der Waals surface area (Å²) in [6.45, 7) is 0.312. The van der Waals surface area contributed by atoms with Gasteiger partial charge >= 0.3 is 6.18 Å². The predicted octanol–water partition coefficient (Wildman–Crippen LogP) is 0.997. The van der Waals surface area contributed by atoms with E-state index in [1.807, 2.05) is 0 Å². The standard InChI is InChI=1S/C17H25F3N4O4S/c18-17(19,20)15-7-14(12-28-16-8-13(9-21)1-2-22-16)10-24(11-15)29(25,26)23-3-5-27-6-4-23/h1-2,8,14-15H,3-7,9-12,21H2/t14-,15+/m1/s1. The largest absolute Gasteiger partial charge is 0.477 e. The van der Waals surface area contributed by atoms with Crippen LogP contribution in [0, 0.1) is 11.8 Å². The Morgan fingerprint density at radius 1 is 1.24 bits per heavy atom. The van der Waals surface area contributed by atoms with Crippen LogP contribution in [0.15, 0.2) is 18.3 Å². The van der Waals surface area contributed by atoms with Gasteiger partial charge in [-0.2, -0.15) is 30.2 Å². The van der Waals surface area contributed by atoms with Crippen LogP contribution >= 0.6 is 0 Å². The molecule has 2 fully saturated rings. The molecule has 1 aromatic rings. The second-order valence-electron chi connectivity index (χ2n) is 7.19. The third kappa shape index (κ3) is 5.57. The summed E-state index contributed by atoms with van der Waals surface area (Å²) in [7, 11) is -4.01. The van der Waals surface area contributed by atoms with Crippen LogP contribution in [0.1, 0.15) is 12.0 Å². The summed E-state index contributed by atoms with van der Waals surface area (Å²) in [5.74, 6) is -2.11. The minimum atomic E-state index is -4.49. The molecule has 8 nitrogen and oxygen atoms in total. The maximum absolute atomic E-state index is 13.5. The number of hydrogen-bond acceptors (Lipinski definition) is 6. The molecule has 0 aromatic carbocycles. The Morgan fingerprint density at radius 2 is 1.97 bits per heavy atom. The Hall–Kier alpha value is -1.47. The fraction of sp³-hybridized carbons (Fsp3) is 0.706. The lowest BCUT2D eigenvalue weighted by Crippen LogP contribution is -2.55. The first-order chi connectivity index (χ1) is 13.7. The van der Waals surface area contributed by atoms with Gasteiger partial charge in [0.05, 0.1) is 25.7 Å². The topological polar surface area (TPSA) is 98.0 Å². The van der Waals surface area contributed by atoms with Crippen LogP contribution in [0.2, 0.25) is 0 Å². The maximum Gasteiger partial charge on any atom is 0.393 e. The van der Waals surface area contributed by atoms with Gasteiger partial charge in [0.1, 0.15) is 0 Å². The molecule has 0 unspecified atom stereocenters. The van der Waals surface area contributed by atoms with E-state index >= 15 is 0 Å². The molecule has 2 aliphatic rings. The molecule has 3 rings (SSSR count). The van der Waals surface area contributed by atoms with Crippen LogP contribution in [0.25, 0.3) is 0 Å². The van der Waals surface area contributed by atoms with Crippen LogP contribution in [0.4, 0.5) is 13.2 Å². The first-order valence-corrected chi connectivity index (χ1v) is 10.8. The van der Waals surface area contributed by atoms with Gasteiger partial charge in [0.25, 0.3) is 10.2 Å². The van der Waals surface area contributed by atoms with Gasteiger partial charge in [0.2, 0.25) is 5.88 Å². The van der Waals surface area contributed by atoms with Crippen LogP contribution in [-0.4, -0.2) is 74.2 Å². The summed E-state index contributed by atoms with van der Waals surface area (Å²) in [6, 6.07) is 3.33. The van der Waals surface area contributed by atoms with Crippen molar-refractivity contribution in [2.45, 2.75) is 19.1 Å². The van der Waals surface area contributed by atoms with Crippen molar-refractivity contribution < 1.29 is 31.1 Å². The highest BCUT2D eigenvalue weighted by atomic mass is 32.2. The Bertz CT molecular complexity index is 787. The summed E-state index contributed by atoms with van der Waals surface area (Å²) in [5.41, 5.74) is 6.35. The average molecular weight is 438 g/mol. The van der Waals surface area contributed by atoms with E-state index in [-0.39, 0.29) is 58.3 Å². The van der Waals surface area contributed by atoms with Crippen molar-refractivity contribution in [3.05, 3.63) is 23.9 Å². The van der Waals surface area contributed by atoms with Crippen molar-refractivity contribution in [1.82, 2.24) is 13.6 Å². The summed E-state index contributed by atoms with van der Waals surface area (Å²) in [5, 5.41) is 0. The molecule has 0 saturated carbocycles. The fourth-order valence-corrected chi connectivity index (χ4v) is 5.21. The molecule has 2 atom stereocenters. The second-order valence-corrected chi connectivity index (χ2v) is 9.12. The molecule has 0 bridgehead atoms. The number of pyridine rings is 1. The number of morpholine rings is 1.